The third-order valence-corrected chi connectivity index (χ3v) is 2.64. The maximum atomic E-state index is 11.0. The Morgan fingerprint density at radius 2 is 2.07 bits per heavy atom. The van der Waals surface area contributed by atoms with Crippen molar-refractivity contribution in [2.75, 3.05) is 13.2 Å². The van der Waals surface area contributed by atoms with E-state index in [9.17, 15) is 4.57 Å². The zero-order valence-corrected chi connectivity index (χ0v) is 9.70. The van der Waals surface area contributed by atoms with Gasteiger partial charge in [-0.25, -0.2) is 4.57 Å². The lowest BCUT2D eigenvalue weighted by molar-refractivity contribution is 0.153. The highest BCUT2D eigenvalue weighted by atomic mass is 31.2. The molecule has 0 radical (unpaired) electrons. The molecule has 0 bridgehead atoms. The fourth-order valence-corrected chi connectivity index (χ4v) is 1.67. The number of phosphoric ester groups is 1. The van der Waals surface area contributed by atoms with Gasteiger partial charge in [0.2, 0.25) is 0 Å². The van der Waals surface area contributed by atoms with Crippen LogP contribution in [0.15, 0.2) is 12.2 Å². The standard InChI is InChI=1S/C9H19O4P/c1-3-5-6-7-8-9-13-14(10,11)12-4-2/h3,5H,4,6-9H2,1-2H3,(H,10,11). The molecule has 0 aliphatic heterocycles. The molecule has 0 aromatic rings. The lowest BCUT2D eigenvalue weighted by atomic mass is 10.2. The summed E-state index contributed by atoms with van der Waals surface area (Å²) in [4.78, 5) is 9.01. The highest BCUT2D eigenvalue weighted by molar-refractivity contribution is 7.47. The Morgan fingerprint density at radius 3 is 2.64 bits per heavy atom. The van der Waals surface area contributed by atoms with Gasteiger partial charge < -0.3 is 4.89 Å². The van der Waals surface area contributed by atoms with Crippen molar-refractivity contribution < 1.29 is 18.5 Å². The lowest BCUT2D eigenvalue weighted by Crippen LogP contribution is -1.96. The molecule has 0 aromatic heterocycles. The molecule has 0 spiro atoms. The zero-order valence-electron chi connectivity index (χ0n) is 8.81. The normalized spacial score (nSPS) is 15.9. The molecule has 0 aromatic carbocycles. The van der Waals surface area contributed by atoms with Crippen molar-refractivity contribution in [3.8, 4) is 0 Å². The molecule has 0 aliphatic rings. The van der Waals surface area contributed by atoms with Crippen molar-refractivity contribution in [1.29, 1.82) is 0 Å². The number of unbranched alkanes of at least 4 members (excludes halogenated alkanes) is 2. The second-order valence-electron chi connectivity index (χ2n) is 2.78. The Hall–Kier alpha value is -0.150. The van der Waals surface area contributed by atoms with Crippen LogP contribution in [0.3, 0.4) is 0 Å². The Bertz CT molecular complexity index is 203. The molecular formula is C9H19O4P. The summed E-state index contributed by atoms with van der Waals surface area (Å²) < 4.78 is 20.2. The number of hydrogen-bond acceptors (Lipinski definition) is 3. The molecule has 0 saturated heterocycles. The van der Waals surface area contributed by atoms with Crippen LogP contribution in [0.5, 0.6) is 0 Å². The van der Waals surface area contributed by atoms with E-state index in [4.69, 9.17) is 9.42 Å². The third kappa shape index (κ3) is 8.45. The van der Waals surface area contributed by atoms with Gasteiger partial charge in [-0.05, 0) is 33.1 Å². The van der Waals surface area contributed by atoms with Crippen molar-refractivity contribution in [3.05, 3.63) is 12.2 Å². The maximum absolute atomic E-state index is 11.0. The summed E-state index contributed by atoms with van der Waals surface area (Å²) in [6.45, 7) is 4.07. The van der Waals surface area contributed by atoms with Crippen LogP contribution in [-0.2, 0) is 13.6 Å². The van der Waals surface area contributed by atoms with Crippen molar-refractivity contribution >= 4 is 7.82 Å². The molecule has 0 amide bonds. The average molecular weight is 222 g/mol. The molecule has 1 unspecified atom stereocenters. The third-order valence-electron chi connectivity index (χ3n) is 1.55. The smallest absolute Gasteiger partial charge is 0.302 e. The van der Waals surface area contributed by atoms with Gasteiger partial charge in [0.05, 0.1) is 13.2 Å². The van der Waals surface area contributed by atoms with Crippen LogP contribution in [0.1, 0.15) is 33.1 Å². The quantitative estimate of drug-likeness (QED) is 0.389. The van der Waals surface area contributed by atoms with Crippen LogP contribution in [0.4, 0.5) is 0 Å². The minimum Gasteiger partial charge on any atom is -0.302 e. The van der Waals surface area contributed by atoms with Crippen LogP contribution < -0.4 is 0 Å². The molecule has 0 heterocycles. The first-order chi connectivity index (χ1) is 6.62. The molecule has 0 fully saturated rings. The predicted molar refractivity (Wildman–Crippen MR) is 56.1 cm³/mol. The van der Waals surface area contributed by atoms with Crippen LogP contribution in [0, 0.1) is 0 Å². The minimum atomic E-state index is -3.77. The van der Waals surface area contributed by atoms with Gasteiger partial charge in [0.25, 0.3) is 0 Å². The van der Waals surface area contributed by atoms with Gasteiger partial charge in [-0.2, -0.15) is 0 Å². The number of hydrogen-bond donors (Lipinski definition) is 1. The Kier molecular flexibility index (Phi) is 8.09. The summed E-state index contributed by atoms with van der Waals surface area (Å²) in [5.41, 5.74) is 0. The van der Waals surface area contributed by atoms with E-state index in [0.717, 1.165) is 19.3 Å². The van der Waals surface area contributed by atoms with Gasteiger partial charge in [0, 0.05) is 0 Å². The first kappa shape index (κ1) is 13.8. The van der Waals surface area contributed by atoms with Crippen molar-refractivity contribution in [2.24, 2.45) is 0 Å². The maximum Gasteiger partial charge on any atom is 0.472 e. The summed E-state index contributed by atoms with van der Waals surface area (Å²) in [5, 5.41) is 0. The van der Waals surface area contributed by atoms with E-state index in [1.54, 1.807) is 6.92 Å². The van der Waals surface area contributed by atoms with Crippen molar-refractivity contribution in [2.45, 2.75) is 33.1 Å². The van der Waals surface area contributed by atoms with Gasteiger partial charge >= 0.3 is 7.82 Å². The van der Waals surface area contributed by atoms with Gasteiger partial charge in [0.1, 0.15) is 0 Å². The Labute approximate surface area is 85.5 Å². The molecule has 14 heavy (non-hydrogen) atoms. The van der Waals surface area contributed by atoms with Gasteiger partial charge in [-0.15, -0.1) is 0 Å². The lowest BCUT2D eigenvalue weighted by Gasteiger charge is -2.09. The molecule has 4 nitrogen and oxygen atoms in total. The topological polar surface area (TPSA) is 55.8 Å². The summed E-state index contributed by atoms with van der Waals surface area (Å²) in [6.07, 6.45) is 6.74. The van der Waals surface area contributed by atoms with Crippen LogP contribution >= 0.6 is 7.82 Å². The van der Waals surface area contributed by atoms with Crippen LogP contribution in [0.2, 0.25) is 0 Å². The van der Waals surface area contributed by atoms with E-state index in [1.807, 2.05) is 13.0 Å². The predicted octanol–water partition coefficient (Wildman–Crippen LogP) is 2.89. The van der Waals surface area contributed by atoms with Gasteiger partial charge in [-0.1, -0.05) is 12.2 Å². The highest BCUT2D eigenvalue weighted by Gasteiger charge is 2.18. The molecule has 0 aliphatic carbocycles. The molecular weight excluding hydrogens is 203 g/mol. The highest BCUT2D eigenvalue weighted by Crippen LogP contribution is 2.42. The van der Waals surface area contributed by atoms with Crippen LogP contribution in [0.25, 0.3) is 0 Å². The zero-order chi connectivity index (χ0) is 10.9. The summed E-state index contributed by atoms with van der Waals surface area (Å²) in [6, 6.07) is 0. The number of allylic oxidation sites excluding steroid dienone is 2. The fraction of sp³-hybridized carbons (Fsp3) is 0.778. The number of rotatable bonds is 8. The fourth-order valence-electron chi connectivity index (χ4n) is 0.911. The Balaban J connectivity index is 3.39. The second kappa shape index (κ2) is 8.18. The van der Waals surface area contributed by atoms with Crippen molar-refractivity contribution in [3.63, 3.8) is 0 Å². The van der Waals surface area contributed by atoms with Crippen LogP contribution in [-0.4, -0.2) is 18.1 Å². The first-order valence-electron chi connectivity index (χ1n) is 4.85. The average Bonchev–Trinajstić information content (AvgIpc) is 2.11. The summed E-state index contributed by atoms with van der Waals surface area (Å²) in [5.74, 6) is 0. The van der Waals surface area contributed by atoms with E-state index < -0.39 is 7.82 Å². The molecule has 1 N–H and O–H groups in total. The molecule has 0 saturated carbocycles. The minimum absolute atomic E-state index is 0.187. The number of phosphoric acid groups is 1. The van der Waals surface area contributed by atoms with E-state index in [0.29, 0.717) is 0 Å². The summed E-state index contributed by atoms with van der Waals surface area (Å²) in [7, 11) is -3.77. The second-order valence-corrected chi connectivity index (χ2v) is 4.24. The first-order valence-corrected chi connectivity index (χ1v) is 6.35. The van der Waals surface area contributed by atoms with Crippen molar-refractivity contribution in [1.82, 2.24) is 0 Å². The Morgan fingerprint density at radius 1 is 1.36 bits per heavy atom. The van der Waals surface area contributed by atoms with E-state index in [-0.39, 0.29) is 13.2 Å². The summed E-state index contributed by atoms with van der Waals surface area (Å²) >= 11 is 0. The largest absolute Gasteiger partial charge is 0.472 e. The van der Waals surface area contributed by atoms with Gasteiger partial charge in [-0.3, -0.25) is 9.05 Å². The van der Waals surface area contributed by atoms with E-state index in [2.05, 4.69) is 10.6 Å². The molecule has 1 atom stereocenters. The monoisotopic (exact) mass is 222 g/mol. The molecule has 0 rings (SSSR count). The van der Waals surface area contributed by atoms with E-state index in [1.165, 1.54) is 0 Å². The molecule has 84 valence electrons. The van der Waals surface area contributed by atoms with Gasteiger partial charge in [0.15, 0.2) is 0 Å². The van der Waals surface area contributed by atoms with E-state index >= 15 is 0 Å². The SMILES string of the molecule is CC=CCCCCOP(=O)(O)OCC. The molecule has 5 heteroatoms.